The topological polar surface area (TPSA) is 78.4 Å². The molecule has 0 aromatic heterocycles. The molecule has 0 aliphatic heterocycles. The van der Waals surface area contributed by atoms with Gasteiger partial charge in [0, 0.05) is 11.8 Å². The van der Waals surface area contributed by atoms with Crippen molar-refractivity contribution in [2.75, 3.05) is 12.4 Å². The molecule has 0 bridgehead atoms. The van der Waals surface area contributed by atoms with Crippen LogP contribution in [0.15, 0.2) is 0 Å². The van der Waals surface area contributed by atoms with Gasteiger partial charge in [-0.15, -0.1) is 11.8 Å². The van der Waals surface area contributed by atoms with E-state index in [2.05, 4.69) is 10.6 Å². The maximum Gasteiger partial charge on any atom is 0.321 e. The smallest absolute Gasteiger partial charge is 0.321 e. The molecule has 0 heterocycles. The van der Waals surface area contributed by atoms with Crippen LogP contribution in [0.1, 0.15) is 39.0 Å². The Bertz CT molecular complexity index is 280. The van der Waals surface area contributed by atoms with E-state index < -0.39 is 6.03 Å². The summed E-state index contributed by atoms with van der Waals surface area (Å²) in [5, 5.41) is 13.5. The van der Waals surface area contributed by atoms with Crippen LogP contribution in [-0.4, -0.2) is 40.7 Å². The number of imide groups is 1. The van der Waals surface area contributed by atoms with Crippen molar-refractivity contribution in [2.24, 2.45) is 0 Å². The summed E-state index contributed by atoms with van der Waals surface area (Å²) in [7, 11) is 0. The van der Waals surface area contributed by atoms with Gasteiger partial charge in [0.25, 0.3) is 0 Å². The highest BCUT2D eigenvalue weighted by atomic mass is 32.2. The first kappa shape index (κ1) is 15.3. The van der Waals surface area contributed by atoms with Gasteiger partial charge in [-0.05, 0) is 19.8 Å². The van der Waals surface area contributed by atoms with Crippen LogP contribution in [0.5, 0.6) is 0 Å². The molecule has 1 atom stereocenters. The fraction of sp³-hybridized carbons (Fsp3) is 0.833. The average Bonchev–Trinajstić information content (AvgIpc) is 2.36. The van der Waals surface area contributed by atoms with Crippen LogP contribution in [0.25, 0.3) is 0 Å². The molecule has 1 fully saturated rings. The van der Waals surface area contributed by atoms with Gasteiger partial charge in [-0.1, -0.05) is 19.3 Å². The predicted molar refractivity (Wildman–Crippen MR) is 72.6 cm³/mol. The van der Waals surface area contributed by atoms with Gasteiger partial charge < -0.3 is 10.4 Å². The van der Waals surface area contributed by atoms with Gasteiger partial charge in [-0.25, -0.2) is 4.79 Å². The molecule has 18 heavy (non-hydrogen) atoms. The van der Waals surface area contributed by atoms with Crippen molar-refractivity contribution in [1.82, 2.24) is 10.6 Å². The Labute approximate surface area is 112 Å². The third-order valence-electron chi connectivity index (χ3n) is 3.01. The van der Waals surface area contributed by atoms with Crippen LogP contribution in [0.2, 0.25) is 0 Å². The van der Waals surface area contributed by atoms with E-state index in [1.54, 1.807) is 6.92 Å². The summed E-state index contributed by atoms with van der Waals surface area (Å²) >= 11 is 1.33. The number of hydrogen-bond acceptors (Lipinski definition) is 4. The first-order valence-electron chi connectivity index (χ1n) is 6.47. The maximum absolute atomic E-state index is 11.6. The Morgan fingerprint density at radius 1 is 1.33 bits per heavy atom. The van der Waals surface area contributed by atoms with Gasteiger partial charge in [0.15, 0.2) is 0 Å². The van der Waals surface area contributed by atoms with E-state index in [1.807, 2.05) is 0 Å². The molecule has 0 aromatic carbocycles. The zero-order chi connectivity index (χ0) is 13.4. The molecule has 0 spiro atoms. The molecule has 6 heteroatoms. The summed E-state index contributed by atoms with van der Waals surface area (Å²) in [6, 6.07) is -0.199. The summed E-state index contributed by atoms with van der Waals surface area (Å²) in [5.74, 6) is 0.195. The minimum absolute atomic E-state index is 0.0383. The lowest BCUT2D eigenvalue weighted by molar-refractivity contribution is -0.119. The van der Waals surface area contributed by atoms with E-state index in [1.165, 1.54) is 18.2 Å². The molecule has 3 amide bonds. The average molecular weight is 274 g/mol. The number of thioether (sulfide) groups is 1. The first-order chi connectivity index (χ1) is 8.63. The number of aliphatic hydroxyl groups is 1. The van der Waals surface area contributed by atoms with Crippen molar-refractivity contribution in [3.63, 3.8) is 0 Å². The quantitative estimate of drug-likeness (QED) is 0.705. The molecule has 5 nitrogen and oxygen atoms in total. The van der Waals surface area contributed by atoms with Gasteiger partial charge in [0.2, 0.25) is 5.91 Å². The normalized spacial score (nSPS) is 18.1. The lowest BCUT2D eigenvalue weighted by Gasteiger charge is -2.23. The van der Waals surface area contributed by atoms with E-state index in [0.29, 0.717) is 5.75 Å². The van der Waals surface area contributed by atoms with Gasteiger partial charge in [-0.3, -0.25) is 10.1 Å². The Morgan fingerprint density at radius 2 is 2.00 bits per heavy atom. The molecule has 104 valence electrons. The number of urea groups is 1. The van der Waals surface area contributed by atoms with Crippen LogP contribution in [0, 0.1) is 0 Å². The lowest BCUT2D eigenvalue weighted by atomic mass is 9.96. The van der Waals surface area contributed by atoms with Crippen molar-refractivity contribution in [2.45, 2.75) is 50.3 Å². The van der Waals surface area contributed by atoms with E-state index in [4.69, 9.17) is 5.11 Å². The fourth-order valence-electron chi connectivity index (χ4n) is 1.99. The highest BCUT2D eigenvalue weighted by Crippen LogP contribution is 2.17. The van der Waals surface area contributed by atoms with Crippen molar-refractivity contribution in [1.29, 1.82) is 0 Å². The highest BCUT2D eigenvalue weighted by Gasteiger charge is 2.19. The molecule has 1 rings (SSSR count). The number of carbonyl (C=O) groups is 2. The fourth-order valence-corrected chi connectivity index (χ4v) is 2.66. The van der Waals surface area contributed by atoms with Crippen LogP contribution in [-0.2, 0) is 4.79 Å². The summed E-state index contributed by atoms with van der Waals surface area (Å²) in [4.78, 5) is 23.2. The number of carbonyl (C=O) groups excluding carboxylic acids is 2. The Morgan fingerprint density at radius 3 is 2.61 bits per heavy atom. The number of rotatable bonds is 5. The minimum atomic E-state index is -0.400. The third-order valence-corrected chi connectivity index (χ3v) is 4.14. The summed E-state index contributed by atoms with van der Waals surface area (Å²) in [6.45, 7) is 1.76. The second-order valence-corrected chi connectivity index (χ2v) is 5.98. The Balaban J connectivity index is 2.23. The van der Waals surface area contributed by atoms with Crippen molar-refractivity contribution in [3.05, 3.63) is 0 Å². The molecular formula is C12H22N2O3S. The third kappa shape index (κ3) is 5.73. The van der Waals surface area contributed by atoms with E-state index in [0.717, 1.165) is 25.7 Å². The van der Waals surface area contributed by atoms with Crippen molar-refractivity contribution < 1.29 is 14.7 Å². The van der Waals surface area contributed by atoms with E-state index >= 15 is 0 Å². The highest BCUT2D eigenvalue weighted by molar-refractivity contribution is 8.00. The Kier molecular flexibility index (Phi) is 7.12. The molecule has 1 aliphatic carbocycles. The molecular weight excluding hydrogens is 252 g/mol. The summed E-state index contributed by atoms with van der Waals surface area (Å²) in [6.07, 6.45) is 5.50. The summed E-state index contributed by atoms with van der Waals surface area (Å²) < 4.78 is 0. The maximum atomic E-state index is 11.6. The van der Waals surface area contributed by atoms with Crippen LogP contribution in [0.4, 0.5) is 4.79 Å². The van der Waals surface area contributed by atoms with Gasteiger partial charge in [0.05, 0.1) is 11.9 Å². The van der Waals surface area contributed by atoms with Crippen LogP contribution < -0.4 is 10.6 Å². The second-order valence-electron chi connectivity index (χ2n) is 4.53. The number of hydrogen-bond donors (Lipinski definition) is 3. The number of aliphatic hydroxyl groups excluding tert-OH is 1. The molecule has 0 aromatic rings. The van der Waals surface area contributed by atoms with E-state index in [9.17, 15) is 9.59 Å². The molecule has 1 aliphatic rings. The van der Waals surface area contributed by atoms with Gasteiger partial charge in [0.1, 0.15) is 0 Å². The molecule has 0 radical (unpaired) electrons. The number of nitrogens with one attached hydrogen (secondary N) is 2. The van der Waals surface area contributed by atoms with Crippen LogP contribution in [0.3, 0.4) is 0 Å². The molecule has 3 N–H and O–H groups in total. The van der Waals surface area contributed by atoms with E-state index in [-0.39, 0.29) is 23.8 Å². The monoisotopic (exact) mass is 274 g/mol. The zero-order valence-electron chi connectivity index (χ0n) is 10.8. The molecule has 0 saturated heterocycles. The first-order valence-corrected chi connectivity index (χ1v) is 7.52. The van der Waals surface area contributed by atoms with Gasteiger partial charge in [-0.2, -0.15) is 0 Å². The molecule has 1 saturated carbocycles. The zero-order valence-corrected chi connectivity index (χ0v) is 11.6. The lowest BCUT2D eigenvalue weighted by Crippen LogP contribution is -2.47. The van der Waals surface area contributed by atoms with Crippen molar-refractivity contribution in [3.8, 4) is 0 Å². The largest absolute Gasteiger partial charge is 0.396 e. The minimum Gasteiger partial charge on any atom is -0.396 e. The standard InChI is InChI=1S/C12H22N2O3S/c1-9(18-8-7-15)11(16)14-12(17)13-10-5-3-2-4-6-10/h9-10,15H,2-8H2,1H3,(H2,13,14,16,17)/t9-/m0/s1. The summed E-state index contributed by atoms with van der Waals surface area (Å²) in [5.41, 5.74) is 0. The second kappa shape index (κ2) is 8.37. The molecule has 0 unspecified atom stereocenters. The van der Waals surface area contributed by atoms with Crippen LogP contribution >= 0.6 is 11.8 Å². The predicted octanol–water partition coefficient (Wildman–Crippen LogP) is 1.26. The van der Waals surface area contributed by atoms with Crippen molar-refractivity contribution >= 4 is 23.7 Å². The van der Waals surface area contributed by atoms with Gasteiger partial charge >= 0.3 is 6.03 Å². The Hall–Kier alpha value is -0.750. The SMILES string of the molecule is C[C@H](SCCO)C(=O)NC(=O)NC1CCCCC1. The number of amides is 3.